The highest BCUT2D eigenvalue weighted by molar-refractivity contribution is 6.05. The van der Waals surface area contributed by atoms with Crippen LogP contribution in [-0.2, 0) is 14.3 Å². The molecule has 6 atom stereocenters. The van der Waals surface area contributed by atoms with Crippen LogP contribution in [0.4, 0.5) is 0 Å². The van der Waals surface area contributed by atoms with Crippen molar-refractivity contribution in [3.8, 4) is 5.75 Å². The van der Waals surface area contributed by atoms with Crippen molar-refractivity contribution >= 4 is 11.8 Å². The van der Waals surface area contributed by atoms with E-state index in [9.17, 15) is 24.9 Å². The Morgan fingerprint density at radius 3 is 2.52 bits per heavy atom. The van der Waals surface area contributed by atoms with E-state index < -0.39 is 35.6 Å². The molecule has 2 aliphatic heterocycles. The van der Waals surface area contributed by atoms with E-state index in [1.54, 1.807) is 12.1 Å². The third kappa shape index (κ3) is 2.23. The lowest BCUT2D eigenvalue weighted by molar-refractivity contribution is -0.274. The molecule has 7 heteroatoms. The molecule has 4 rings (SSSR count). The van der Waals surface area contributed by atoms with E-state index >= 15 is 0 Å². The predicted molar refractivity (Wildman–Crippen MR) is 84.9 cm³/mol. The second-order valence-corrected chi connectivity index (χ2v) is 7.28. The smallest absolute Gasteiger partial charge is 0.233 e. The Bertz CT molecular complexity index is 719. The molecule has 3 N–H and O–H groups in total. The Morgan fingerprint density at radius 1 is 1.20 bits per heavy atom. The number of amides is 2. The number of likely N-dealkylation sites (tertiary alicyclic amines) is 1. The number of ether oxygens (including phenoxy) is 1. The Morgan fingerprint density at radius 2 is 1.88 bits per heavy atom. The fourth-order valence-electron chi connectivity index (χ4n) is 4.75. The van der Waals surface area contributed by atoms with Crippen molar-refractivity contribution in [3.63, 3.8) is 0 Å². The average molecular weight is 347 g/mol. The number of carbonyl (C=O) groups is 2. The third-order valence-corrected chi connectivity index (χ3v) is 6.07. The summed E-state index contributed by atoms with van der Waals surface area (Å²) in [7, 11) is 1.46. The number of benzene rings is 1. The van der Waals surface area contributed by atoms with E-state index in [0.717, 1.165) is 10.5 Å². The van der Waals surface area contributed by atoms with Crippen LogP contribution >= 0.6 is 0 Å². The van der Waals surface area contributed by atoms with E-state index in [1.807, 2.05) is 0 Å². The number of phenols is 1. The summed E-state index contributed by atoms with van der Waals surface area (Å²) < 4.78 is 5.94. The molecule has 0 spiro atoms. The van der Waals surface area contributed by atoms with E-state index in [-0.39, 0.29) is 30.6 Å². The molecule has 0 unspecified atom stereocenters. The van der Waals surface area contributed by atoms with Gasteiger partial charge in [0.1, 0.15) is 5.75 Å². The van der Waals surface area contributed by atoms with Crippen LogP contribution in [0.5, 0.6) is 5.75 Å². The van der Waals surface area contributed by atoms with Gasteiger partial charge in [-0.1, -0.05) is 12.1 Å². The molecule has 1 aliphatic carbocycles. The van der Waals surface area contributed by atoms with E-state index in [4.69, 9.17) is 4.74 Å². The van der Waals surface area contributed by atoms with Crippen molar-refractivity contribution in [2.75, 3.05) is 13.7 Å². The van der Waals surface area contributed by atoms with Gasteiger partial charge < -0.3 is 20.1 Å². The van der Waals surface area contributed by atoms with Gasteiger partial charge in [0.05, 0.1) is 24.5 Å². The first-order valence-electron chi connectivity index (χ1n) is 8.48. The Hall–Kier alpha value is -1.96. The highest BCUT2D eigenvalue weighted by atomic mass is 16.6. The molecule has 25 heavy (non-hydrogen) atoms. The second kappa shape index (κ2) is 5.52. The topological polar surface area (TPSA) is 107 Å². The maximum absolute atomic E-state index is 12.6. The van der Waals surface area contributed by atoms with Crippen molar-refractivity contribution in [2.24, 2.45) is 23.7 Å². The van der Waals surface area contributed by atoms with Crippen LogP contribution in [0.3, 0.4) is 0 Å². The normalized spacial score (nSPS) is 40.3. The van der Waals surface area contributed by atoms with Crippen LogP contribution in [0.1, 0.15) is 24.5 Å². The zero-order chi connectivity index (χ0) is 17.9. The second-order valence-electron chi connectivity index (χ2n) is 7.28. The van der Waals surface area contributed by atoms with Gasteiger partial charge in [-0.15, -0.1) is 0 Å². The number of nitrogens with zero attached hydrogens (tertiary/aromatic N) is 1. The number of imide groups is 1. The zero-order valence-corrected chi connectivity index (χ0v) is 13.8. The molecular weight excluding hydrogens is 326 g/mol. The first-order chi connectivity index (χ1) is 11.9. The van der Waals surface area contributed by atoms with Crippen molar-refractivity contribution < 1.29 is 29.6 Å². The summed E-state index contributed by atoms with van der Waals surface area (Å²) in [6.45, 7) is -0.316. The minimum atomic E-state index is -1.64. The first-order valence-corrected chi connectivity index (χ1v) is 8.48. The van der Waals surface area contributed by atoms with Crippen LogP contribution < -0.4 is 0 Å². The van der Waals surface area contributed by atoms with Crippen molar-refractivity contribution in [3.05, 3.63) is 29.8 Å². The largest absolute Gasteiger partial charge is 0.508 e. The number of fused-ring (bicyclic) bond motifs is 3. The summed E-state index contributed by atoms with van der Waals surface area (Å²) in [5.74, 6) is -4.35. The summed E-state index contributed by atoms with van der Waals surface area (Å²) in [5.41, 5.74) is 0.777. The van der Waals surface area contributed by atoms with Gasteiger partial charge in [-0.2, -0.15) is 0 Å². The van der Waals surface area contributed by atoms with Gasteiger partial charge in [-0.3, -0.25) is 14.5 Å². The number of rotatable bonds is 2. The van der Waals surface area contributed by atoms with Gasteiger partial charge in [0.15, 0.2) is 5.79 Å². The number of hydrogen-bond donors (Lipinski definition) is 3. The van der Waals surface area contributed by atoms with Crippen LogP contribution in [0.15, 0.2) is 24.3 Å². The number of aliphatic hydroxyl groups is 2. The van der Waals surface area contributed by atoms with Gasteiger partial charge in [-0.05, 0) is 30.5 Å². The summed E-state index contributed by atoms with van der Waals surface area (Å²) in [6.07, 6.45) is 0.147. The predicted octanol–water partition coefficient (Wildman–Crippen LogP) is 0.402. The standard InChI is InChI=1S/C18H21NO6/c1-19-16(22)12-6-10(8-20)18(24)13(15(12)17(19)23)7-14(25-18)9-2-4-11(21)5-3-9/h2-5,10,12-15,20-21,24H,6-8H2,1H3/t10-,12+,13+,14+,15+,18-/m1/s1. The van der Waals surface area contributed by atoms with E-state index in [2.05, 4.69) is 0 Å². The minimum Gasteiger partial charge on any atom is -0.508 e. The van der Waals surface area contributed by atoms with Crippen molar-refractivity contribution in [2.45, 2.75) is 24.7 Å². The summed E-state index contributed by atoms with van der Waals surface area (Å²) >= 11 is 0. The lowest BCUT2D eigenvalue weighted by Gasteiger charge is -2.44. The van der Waals surface area contributed by atoms with Gasteiger partial charge in [0, 0.05) is 18.9 Å². The van der Waals surface area contributed by atoms with E-state index in [0.29, 0.717) is 6.42 Å². The van der Waals surface area contributed by atoms with Crippen LogP contribution in [0.25, 0.3) is 0 Å². The number of aromatic hydroxyl groups is 1. The number of carbonyl (C=O) groups excluding carboxylic acids is 2. The first kappa shape index (κ1) is 16.5. The molecule has 0 bridgehead atoms. The summed E-state index contributed by atoms with van der Waals surface area (Å²) in [5, 5.41) is 30.4. The lowest BCUT2D eigenvalue weighted by Crippen LogP contribution is -2.54. The molecular formula is C18H21NO6. The van der Waals surface area contributed by atoms with Gasteiger partial charge in [0.2, 0.25) is 11.8 Å². The number of hydrogen-bond acceptors (Lipinski definition) is 6. The number of aliphatic hydroxyl groups excluding tert-OH is 1. The quantitative estimate of drug-likeness (QED) is 0.669. The fourth-order valence-corrected chi connectivity index (χ4v) is 4.75. The summed E-state index contributed by atoms with van der Waals surface area (Å²) in [6, 6.07) is 6.49. The lowest BCUT2D eigenvalue weighted by atomic mass is 9.64. The summed E-state index contributed by atoms with van der Waals surface area (Å²) in [4.78, 5) is 26.1. The molecule has 1 aromatic rings. The van der Waals surface area contributed by atoms with Gasteiger partial charge >= 0.3 is 0 Å². The molecule has 0 radical (unpaired) electrons. The van der Waals surface area contributed by atoms with Crippen LogP contribution in [-0.4, -0.2) is 51.5 Å². The average Bonchev–Trinajstić information content (AvgIpc) is 3.05. The monoisotopic (exact) mass is 347 g/mol. The van der Waals surface area contributed by atoms with Gasteiger partial charge in [-0.25, -0.2) is 0 Å². The zero-order valence-electron chi connectivity index (χ0n) is 13.8. The Labute approximate surface area is 144 Å². The van der Waals surface area contributed by atoms with E-state index in [1.165, 1.54) is 19.2 Å². The molecule has 134 valence electrons. The molecule has 3 fully saturated rings. The Balaban J connectivity index is 1.71. The molecule has 3 aliphatic rings. The molecule has 1 saturated carbocycles. The Kier molecular flexibility index (Phi) is 3.64. The maximum atomic E-state index is 12.6. The molecule has 1 aromatic carbocycles. The van der Waals surface area contributed by atoms with Crippen LogP contribution in [0.2, 0.25) is 0 Å². The highest BCUT2D eigenvalue weighted by Crippen LogP contribution is 2.57. The van der Waals surface area contributed by atoms with Crippen molar-refractivity contribution in [1.82, 2.24) is 4.90 Å². The molecule has 2 amide bonds. The van der Waals surface area contributed by atoms with Crippen LogP contribution in [0, 0.1) is 23.7 Å². The fraction of sp³-hybridized carbons (Fsp3) is 0.556. The number of phenolic OH excluding ortho intramolecular Hbond substituents is 1. The van der Waals surface area contributed by atoms with Gasteiger partial charge in [0.25, 0.3) is 0 Å². The minimum absolute atomic E-state index is 0.129. The maximum Gasteiger partial charge on any atom is 0.233 e. The molecule has 0 aromatic heterocycles. The molecule has 7 nitrogen and oxygen atoms in total. The molecule has 2 heterocycles. The molecule has 2 saturated heterocycles. The SMILES string of the molecule is CN1C(=O)[C@H]2[C@H](C[C@H](CO)[C@@]3(O)O[C@H](c4ccc(O)cc4)C[C@@H]23)C1=O. The third-order valence-electron chi connectivity index (χ3n) is 6.07. The highest BCUT2D eigenvalue weighted by Gasteiger charge is 2.66. The van der Waals surface area contributed by atoms with Crippen molar-refractivity contribution in [1.29, 1.82) is 0 Å².